The van der Waals surface area contributed by atoms with Crippen molar-refractivity contribution in [1.82, 2.24) is 5.32 Å². The Kier molecular flexibility index (Phi) is 54.4. The van der Waals surface area contributed by atoms with Crippen LogP contribution in [-0.4, -0.2) is 46.1 Å². The van der Waals surface area contributed by atoms with Gasteiger partial charge in [0.1, 0.15) is 0 Å². The minimum Gasteiger partial charge on any atom is -0.394 e. The second kappa shape index (κ2) is 55.4. The Morgan fingerprint density at radius 3 is 0.938 bits per heavy atom. The van der Waals surface area contributed by atoms with Gasteiger partial charge in [-0.15, -0.1) is 0 Å². The van der Waals surface area contributed by atoms with Gasteiger partial charge >= 0.3 is 0 Å². The van der Waals surface area contributed by atoms with Gasteiger partial charge in [-0.05, 0) is 44.9 Å². The van der Waals surface area contributed by atoms with Crippen LogP contribution in [0.4, 0.5) is 0 Å². The van der Waals surface area contributed by atoms with E-state index in [0.29, 0.717) is 6.42 Å². The van der Waals surface area contributed by atoms with E-state index in [1.807, 2.05) is 6.08 Å². The van der Waals surface area contributed by atoms with Crippen LogP contribution in [0.1, 0.15) is 328 Å². The fraction of sp³-hybridized carbons (Fsp3) is 0.917. The van der Waals surface area contributed by atoms with E-state index in [1.165, 1.54) is 276 Å². The number of carbonyl (C=O) groups is 1. The number of nitrogens with one attached hydrogen (secondary N) is 1. The smallest absolute Gasteiger partial charge is 0.222 e. The quantitative estimate of drug-likeness (QED) is 0.0361. The van der Waals surface area contributed by atoms with Crippen LogP contribution in [0.15, 0.2) is 24.3 Å². The maximum atomic E-state index is 12.5. The summed E-state index contributed by atoms with van der Waals surface area (Å²) in [6, 6.07) is -0.743. The molecule has 0 spiro atoms. The molecule has 0 fully saturated rings. The van der Waals surface area contributed by atoms with Crippen molar-refractivity contribution in [2.24, 2.45) is 0 Å². The molecule has 0 saturated heterocycles. The maximum Gasteiger partial charge on any atom is 0.222 e. The molecule has 0 aromatic heterocycles. The molecule has 0 saturated carbocycles. The molecule has 0 bridgehead atoms. The predicted molar refractivity (Wildman–Crippen MR) is 287 cm³/mol. The molecule has 0 aliphatic rings. The number of hydrogen-bond donors (Lipinski definition) is 4. The van der Waals surface area contributed by atoms with E-state index in [4.69, 9.17) is 0 Å². The van der Waals surface area contributed by atoms with E-state index in [1.54, 1.807) is 6.08 Å². The topological polar surface area (TPSA) is 89.8 Å². The van der Waals surface area contributed by atoms with Gasteiger partial charge in [0, 0.05) is 0 Å². The van der Waals surface area contributed by atoms with Crippen molar-refractivity contribution in [2.45, 2.75) is 347 Å². The van der Waals surface area contributed by atoms with Crippen LogP contribution >= 0.6 is 0 Å². The Balaban J connectivity index is 3.51. The molecule has 0 rings (SSSR count). The first-order valence-corrected chi connectivity index (χ1v) is 29.6. The van der Waals surface area contributed by atoms with Gasteiger partial charge in [-0.2, -0.15) is 0 Å². The van der Waals surface area contributed by atoms with Crippen LogP contribution in [0.25, 0.3) is 0 Å². The largest absolute Gasteiger partial charge is 0.394 e. The second-order valence-electron chi connectivity index (χ2n) is 20.6. The summed E-state index contributed by atoms with van der Waals surface area (Å²) in [7, 11) is 0. The third kappa shape index (κ3) is 52.1. The number of allylic oxidation sites excluding steroid dienone is 3. The SMILES string of the molecule is CCCCCCCCCCCCCC/C=C\CCCCCCCCCCCCCCCCCC(O)CC(=O)NC(CO)C(O)/C=C/CCCCCCCCCCCCCCCCCCC. The van der Waals surface area contributed by atoms with Crippen molar-refractivity contribution in [2.75, 3.05) is 6.61 Å². The van der Waals surface area contributed by atoms with E-state index in [9.17, 15) is 20.1 Å². The van der Waals surface area contributed by atoms with Crippen molar-refractivity contribution in [3.63, 3.8) is 0 Å². The van der Waals surface area contributed by atoms with Crippen molar-refractivity contribution < 1.29 is 20.1 Å². The van der Waals surface area contributed by atoms with E-state index < -0.39 is 18.2 Å². The highest BCUT2D eigenvalue weighted by Crippen LogP contribution is 2.18. The van der Waals surface area contributed by atoms with Crippen LogP contribution in [0.5, 0.6) is 0 Å². The summed E-state index contributed by atoms with van der Waals surface area (Å²) in [6.45, 7) is 4.25. The normalized spacial score (nSPS) is 13.4. The van der Waals surface area contributed by atoms with Crippen LogP contribution in [0, 0.1) is 0 Å². The van der Waals surface area contributed by atoms with Crippen LogP contribution in [-0.2, 0) is 4.79 Å². The molecule has 5 heteroatoms. The predicted octanol–water partition coefficient (Wildman–Crippen LogP) is 18.5. The highest BCUT2D eigenvalue weighted by atomic mass is 16.3. The van der Waals surface area contributed by atoms with E-state index >= 15 is 0 Å². The Hall–Kier alpha value is -1.17. The van der Waals surface area contributed by atoms with Gasteiger partial charge in [0.2, 0.25) is 5.91 Å². The number of carbonyl (C=O) groups excluding carboxylic acids is 1. The number of aliphatic hydroxyl groups is 3. The monoisotopic (exact) mass is 916 g/mol. The molecule has 0 aliphatic carbocycles. The van der Waals surface area contributed by atoms with E-state index in [-0.39, 0.29) is 18.9 Å². The fourth-order valence-corrected chi connectivity index (χ4v) is 9.46. The first kappa shape index (κ1) is 63.8. The molecule has 0 heterocycles. The fourth-order valence-electron chi connectivity index (χ4n) is 9.46. The second-order valence-corrected chi connectivity index (χ2v) is 20.6. The van der Waals surface area contributed by atoms with Crippen LogP contribution in [0.2, 0.25) is 0 Å². The molecular formula is C60H117NO4. The van der Waals surface area contributed by atoms with Gasteiger partial charge in [0.05, 0.1) is 31.3 Å². The zero-order valence-electron chi connectivity index (χ0n) is 44.1. The molecule has 386 valence electrons. The Morgan fingerprint density at radius 1 is 0.385 bits per heavy atom. The molecule has 0 radical (unpaired) electrons. The number of aliphatic hydroxyl groups excluding tert-OH is 3. The molecule has 0 aliphatic heterocycles. The molecule has 1 amide bonds. The highest BCUT2D eigenvalue weighted by Gasteiger charge is 2.20. The molecule has 3 unspecified atom stereocenters. The average molecular weight is 917 g/mol. The van der Waals surface area contributed by atoms with Gasteiger partial charge in [0.15, 0.2) is 0 Å². The van der Waals surface area contributed by atoms with Gasteiger partial charge in [-0.25, -0.2) is 0 Å². The standard InChI is InChI=1S/C60H117NO4/c1-3-5-7-9-11-13-15-17-19-21-23-24-25-26-27-28-29-30-31-32-33-34-36-37-39-41-43-45-47-49-51-53-57(63)55-60(65)61-58(56-62)59(64)54-52-50-48-46-44-42-40-38-35-22-20-18-16-14-12-10-8-6-4-2/h26-27,52,54,57-59,62-64H,3-25,28-51,53,55-56H2,1-2H3,(H,61,65)/b27-26-,54-52+. The van der Waals surface area contributed by atoms with Crippen molar-refractivity contribution in [3.05, 3.63) is 24.3 Å². The van der Waals surface area contributed by atoms with Crippen LogP contribution < -0.4 is 5.32 Å². The summed E-state index contributed by atoms with van der Waals surface area (Å²) in [5.41, 5.74) is 0. The summed E-state index contributed by atoms with van der Waals surface area (Å²) in [5, 5.41) is 33.5. The third-order valence-electron chi connectivity index (χ3n) is 14.0. The summed E-state index contributed by atoms with van der Waals surface area (Å²) in [6.07, 6.45) is 71.0. The molecule has 0 aromatic carbocycles. The lowest BCUT2D eigenvalue weighted by Crippen LogP contribution is -2.45. The maximum absolute atomic E-state index is 12.5. The van der Waals surface area contributed by atoms with Gasteiger partial charge < -0.3 is 20.6 Å². The number of rotatable bonds is 55. The van der Waals surface area contributed by atoms with Gasteiger partial charge in [-0.1, -0.05) is 301 Å². The Morgan fingerprint density at radius 2 is 0.646 bits per heavy atom. The Labute approximate surface area is 407 Å². The van der Waals surface area contributed by atoms with E-state index in [2.05, 4.69) is 31.3 Å². The Bertz CT molecular complexity index is 967. The minimum absolute atomic E-state index is 0.0172. The summed E-state index contributed by atoms with van der Waals surface area (Å²) in [4.78, 5) is 12.5. The zero-order chi connectivity index (χ0) is 47.2. The molecule has 0 aromatic rings. The molecule has 5 nitrogen and oxygen atoms in total. The first-order valence-electron chi connectivity index (χ1n) is 29.6. The minimum atomic E-state index is -0.928. The van der Waals surface area contributed by atoms with Gasteiger partial charge in [-0.3, -0.25) is 4.79 Å². The summed E-state index contributed by atoms with van der Waals surface area (Å²) in [5.74, 6) is -0.310. The van der Waals surface area contributed by atoms with Crippen molar-refractivity contribution in [1.29, 1.82) is 0 Å². The highest BCUT2D eigenvalue weighted by molar-refractivity contribution is 5.76. The lowest BCUT2D eigenvalue weighted by molar-refractivity contribution is -0.124. The number of amides is 1. The average Bonchev–Trinajstić information content (AvgIpc) is 3.30. The summed E-state index contributed by atoms with van der Waals surface area (Å²) >= 11 is 0. The summed E-state index contributed by atoms with van der Waals surface area (Å²) < 4.78 is 0. The number of hydrogen-bond acceptors (Lipinski definition) is 4. The molecule has 65 heavy (non-hydrogen) atoms. The van der Waals surface area contributed by atoms with E-state index in [0.717, 1.165) is 25.7 Å². The van der Waals surface area contributed by atoms with Crippen LogP contribution in [0.3, 0.4) is 0 Å². The first-order chi connectivity index (χ1) is 32.0. The molecule has 3 atom stereocenters. The number of unbranched alkanes of at least 4 members (excludes halogenated alkanes) is 44. The lowest BCUT2D eigenvalue weighted by atomic mass is 10.0. The van der Waals surface area contributed by atoms with Gasteiger partial charge in [0.25, 0.3) is 0 Å². The molecular weight excluding hydrogens is 799 g/mol. The zero-order valence-corrected chi connectivity index (χ0v) is 44.1. The lowest BCUT2D eigenvalue weighted by Gasteiger charge is -2.21. The van der Waals surface area contributed by atoms with Crippen molar-refractivity contribution >= 4 is 5.91 Å². The third-order valence-corrected chi connectivity index (χ3v) is 14.0. The molecule has 4 N–H and O–H groups in total. The van der Waals surface area contributed by atoms with Crippen molar-refractivity contribution in [3.8, 4) is 0 Å².